The van der Waals surface area contributed by atoms with E-state index in [2.05, 4.69) is 15.6 Å². The maximum absolute atomic E-state index is 12.5. The van der Waals surface area contributed by atoms with Crippen molar-refractivity contribution in [1.82, 2.24) is 4.98 Å². The molecule has 28 heavy (non-hydrogen) atoms. The molecule has 0 aliphatic carbocycles. The summed E-state index contributed by atoms with van der Waals surface area (Å²) in [4.78, 5) is 38.8. The van der Waals surface area contributed by atoms with Gasteiger partial charge in [0.05, 0.1) is 22.2 Å². The first-order chi connectivity index (χ1) is 13.4. The van der Waals surface area contributed by atoms with E-state index < -0.39 is 10.8 Å². The number of carbonyl (C=O) groups excluding carboxylic acids is 2. The molecule has 0 spiro atoms. The summed E-state index contributed by atoms with van der Waals surface area (Å²) in [6.07, 6.45) is 0.352. The van der Waals surface area contributed by atoms with Gasteiger partial charge < -0.3 is 15.4 Å². The van der Waals surface area contributed by atoms with E-state index >= 15 is 0 Å². The average molecular weight is 400 g/mol. The van der Waals surface area contributed by atoms with E-state index in [1.807, 2.05) is 0 Å². The van der Waals surface area contributed by atoms with Gasteiger partial charge in [-0.2, -0.15) is 0 Å². The molecule has 3 aromatic rings. The average Bonchev–Trinajstić information content (AvgIpc) is 3.08. The number of fused-ring (bicyclic) bond motifs is 1. The quantitative estimate of drug-likeness (QED) is 0.479. The van der Waals surface area contributed by atoms with Crippen molar-refractivity contribution >= 4 is 49.9 Å². The zero-order valence-electron chi connectivity index (χ0n) is 15.0. The summed E-state index contributed by atoms with van der Waals surface area (Å²) >= 11 is 1.29. The third kappa shape index (κ3) is 4.07. The molecular formula is C18H16N4O5S. The molecule has 1 heterocycles. The fraction of sp³-hybridized carbons (Fsp3) is 0.167. The second-order valence-corrected chi connectivity index (χ2v) is 6.73. The maximum Gasteiger partial charge on any atom is 0.311 e. The van der Waals surface area contributed by atoms with E-state index in [-0.39, 0.29) is 22.9 Å². The number of nitro groups is 1. The van der Waals surface area contributed by atoms with Crippen molar-refractivity contribution in [3.8, 4) is 5.75 Å². The van der Waals surface area contributed by atoms with Gasteiger partial charge in [0.1, 0.15) is 0 Å². The second-order valence-electron chi connectivity index (χ2n) is 5.70. The zero-order valence-corrected chi connectivity index (χ0v) is 15.8. The standard InChI is InChI=1S/C18H16N4O5S/c1-3-16(23)21-18-20-12-6-5-11(9-15(12)28-18)19-17(24)10-4-7-14(27-2)13(8-10)22(25)26/h4-9H,3H2,1-2H3,(H,19,24)(H,20,21,23). The molecule has 10 heteroatoms. The smallest absolute Gasteiger partial charge is 0.311 e. The molecule has 2 N–H and O–H groups in total. The third-order valence-electron chi connectivity index (χ3n) is 3.85. The van der Waals surface area contributed by atoms with Crippen molar-refractivity contribution in [3.63, 3.8) is 0 Å². The zero-order chi connectivity index (χ0) is 20.3. The molecule has 0 aliphatic rings. The number of methoxy groups -OCH3 is 1. The van der Waals surface area contributed by atoms with Crippen molar-refractivity contribution < 1.29 is 19.2 Å². The molecule has 144 valence electrons. The highest BCUT2D eigenvalue weighted by Gasteiger charge is 2.18. The predicted molar refractivity (Wildman–Crippen MR) is 106 cm³/mol. The van der Waals surface area contributed by atoms with Gasteiger partial charge >= 0.3 is 5.69 Å². The highest BCUT2D eigenvalue weighted by molar-refractivity contribution is 7.22. The number of nitrogens with one attached hydrogen (secondary N) is 2. The second kappa shape index (κ2) is 8.01. The van der Waals surface area contributed by atoms with Gasteiger partial charge in [0, 0.05) is 23.7 Å². The molecule has 1 aromatic heterocycles. The molecule has 0 saturated carbocycles. The van der Waals surface area contributed by atoms with Crippen LogP contribution in [-0.2, 0) is 4.79 Å². The minimum Gasteiger partial charge on any atom is -0.490 e. The molecule has 0 radical (unpaired) electrons. The Kier molecular flexibility index (Phi) is 5.50. The molecule has 0 fully saturated rings. The summed E-state index contributed by atoms with van der Waals surface area (Å²) in [5.41, 5.74) is 1.04. The van der Waals surface area contributed by atoms with E-state index in [1.165, 1.54) is 30.6 Å². The lowest BCUT2D eigenvalue weighted by Crippen LogP contribution is -2.12. The molecule has 0 unspecified atom stereocenters. The Labute approximate surface area is 163 Å². The molecule has 2 aromatic carbocycles. The van der Waals surface area contributed by atoms with Gasteiger partial charge in [-0.25, -0.2) is 4.98 Å². The van der Waals surface area contributed by atoms with Gasteiger partial charge in [0.15, 0.2) is 10.9 Å². The lowest BCUT2D eigenvalue weighted by atomic mass is 10.1. The molecule has 9 nitrogen and oxygen atoms in total. The Morgan fingerprint density at radius 1 is 1.21 bits per heavy atom. The Bertz CT molecular complexity index is 1080. The van der Waals surface area contributed by atoms with Crippen LogP contribution in [0.15, 0.2) is 36.4 Å². The number of amides is 2. The van der Waals surface area contributed by atoms with Crippen molar-refractivity contribution in [1.29, 1.82) is 0 Å². The van der Waals surface area contributed by atoms with Crippen LogP contribution in [0.1, 0.15) is 23.7 Å². The number of ether oxygens (including phenoxy) is 1. The first kappa shape index (κ1) is 19.2. The lowest BCUT2D eigenvalue weighted by molar-refractivity contribution is -0.385. The molecule has 0 atom stereocenters. The van der Waals surface area contributed by atoms with E-state index in [0.29, 0.717) is 22.8 Å². The van der Waals surface area contributed by atoms with Crippen LogP contribution >= 0.6 is 11.3 Å². The summed E-state index contributed by atoms with van der Waals surface area (Å²) in [6.45, 7) is 1.75. The molecule has 0 saturated heterocycles. The van der Waals surface area contributed by atoms with Crippen LogP contribution < -0.4 is 15.4 Å². The van der Waals surface area contributed by atoms with Crippen molar-refractivity contribution in [2.45, 2.75) is 13.3 Å². The number of nitro benzene ring substituents is 1. The van der Waals surface area contributed by atoms with Gasteiger partial charge in [-0.1, -0.05) is 18.3 Å². The van der Waals surface area contributed by atoms with Crippen LogP contribution in [0.25, 0.3) is 10.2 Å². The summed E-state index contributed by atoms with van der Waals surface area (Å²) in [7, 11) is 1.32. The molecule has 3 rings (SSSR count). The normalized spacial score (nSPS) is 10.5. The van der Waals surface area contributed by atoms with Crippen molar-refractivity contribution in [3.05, 3.63) is 52.1 Å². The lowest BCUT2D eigenvalue weighted by Gasteiger charge is -2.07. The van der Waals surface area contributed by atoms with Crippen molar-refractivity contribution in [2.75, 3.05) is 17.7 Å². The largest absolute Gasteiger partial charge is 0.490 e. The molecule has 0 bridgehead atoms. The van der Waals surface area contributed by atoms with E-state index in [4.69, 9.17) is 4.74 Å². The number of anilines is 2. The summed E-state index contributed by atoms with van der Waals surface area (Å²) in [6, 6.07) is 9.11. The fourth-order valence-corrected chi connectivity index (χ4v) is 3.36. The monoisotopic (exact) mass is 400 g/mol. The first-order valence-corrected chi connectivity index (χ1v) is 9.07. The van der Waals surface area contributed by atoms with Crippen LogP contribution in [0.5, 0.6) is 5.75 Å². The van der Waals surface area contributed by atoms with Gasteiger partial charge in [-0.15, -0.1) is 0 Å². The number of carbonyl (C=O) groups is 2. The minimum atomic E-state index is -0.606. The Hall–Kier alpha value is -3.53. The Balaban J connectivity index is 1.82. The van der Waals surface area contributed by atoms with E-state index in [0.717, 1.165) is 10.8 Å². The molecule has 0 aliphatic heterocycles. The number of nitrogens with zero attached hydrogens (tertiary/aromatic N) is 2. The van der Waals surface area contributed by atoms with Crippen LogP contribution in [0, 0.1) is 10.1 Å². The maximum atomic E-state index is 12.5. The van der Waals surface area contributed by atoms with Crippen LogP contribution in [0.4, 0.5) is 16.5 Å². The van der Waals surface area contributed by atoms with Gasteiger partial charge in [0.2, 0.25) is 5.91 Å². The highest BCUT2D eigenvalue weighted by atomic mass is 32.1. The Morgan fingerprint density at radius 3 is 2.68 bits per heavy atom. The Morgan fingerprint density at radius 2 is 2.00 bits per heavy atom. The summed E-state index contributed by atoms with van der Waals surface area (Å²) in [5.74, 6) is -0.544. The highest BCUT2D eigenvalue weighted by Crippen LogP contribution is 2.30. The first-order valence-electron chi connectivity index (χ1n) is 8.25. The van der Waals surface area contributed by atoms with Crippen LogP contribution in [-0.4, -0.2) is 28.8 Å². The summed E-state index contributed by atoms with van der Waals surface area (Å²) < 4.78 is 5.72. The van der Waals surface area contributed by atoms with E-state index in [9.17, 15) is 19.7 Å². The summed E-state index contributed by atoms with van der Waals surface area (Å²) in [5, 5.41) is 17.0. The van der Waals surface area contributed by atoms with Crippen LogP contribution in [0.2, 0.25) is 0 Å². The van der Waals surface area contributed by atoms with Crippen molar-refractivity contribution in [2.24, 2.45) is 0 Å². The van der Waals surface area contributed by atoms with Crippen LogP contribution in [0.3, 0.4) is 0 Å². The number of thiazole rings is 1. The molecule has 2 amide bonds. The number of benzene rings is 2. The fourth-order valence-electron chi connectivity index (χ4n) is 2.44. The SMILES string of the molecule is CCC(=O)Nc1nc2ccc(NC(=O)c3ccc(OC)c([N+](=O)[O-])c3)cc2s1. The number of aromatic nitrogens is 1. The number of hydrogen-bond acceptors (Lipinski definition) is 7. The predicted octanol–water partition coefficient (Wildman–Crippen LogP) is 3.81. The van der Waals surface area contributed by atoms with E-state index in [1.54, 1.807) is 25.1 Å². The van der Waals surface area contributed by atoms with Gasteiger partial charge in [-0.05, 0) is 30.3 Å². The van der Waals surface area contributed by atoms with Gasteiger partial charge in [0.25, 0.3) is 5.91 Å². The third-order valence-corrected chi connectivity index (χ3v) is 4.79. The number of rotatable bonds is 6. The van der Waals surface area contributed by atoms with Gasteiger partial charge in [-0.3, -0.25) is 19.7 Å². The number of hydrogen-bond donors (Lipinski definition) is 2. The topological polar surface area (TPSA) is 123 Å². The minimum absolute atomic E-state index is 0.0780. The molecular weight excluding hydrogens is 384 g/mol.